The molecule has 0 aromatic rings. The van der Waals surface area contributed by atoms with Crippen LogP contribution in [0.3, 0.4) is 0 Å². The Kier molecular flexibility index (Phi) is 8.43. The molecule has 0 saturated heterocycles. The molecule has 3 nitrogen and oxygen atoms in total. The standard InChI is InChI=1S/C11H20ClNO2/c1-3-9(4-2)10(5-6-12)11(14)15-8-7-13/h3-8,13H2,1-2H3. The van der Waals surface area contributed by atoms with E-state index in [0.717, 1.165) is 24.0 Å². The summed E-state index contributed by atoms with van der Waals surface area (Å²) in [5.74, 6) is 0.177. The lowest BCUT2D eigenvalue weighted by Crippen LogP contribution is -2.16. The maximum atomic E-state index is 11.7. The van der Waals surface area contributed by atoms with Gasteiger partial charge < -0.3 is 10.5 Å². The molecule has 0 radical (unpaired) electrons. The number of carbonyl (C=O) groups is 1. The number of hydrogen-bond acceptors (Lipinski definition) is 3. The van der Waals surface area contributed by atoms with Crippen molar-refractivity contribution in [2.75, 3.05) is 19.0 Å². The van der Waals surface area contributed by atoms with Gasteiger partial charge >= 0.3 is 5.97 Å². The van der Waals surface area contributed by atoms with Crippen molar-refractivity contribution in [2.24, 2.45) is 5.73 Å². The van der Waals surface area contributed by atoms with Gasteiger partial charge in [-0.25, -0.2) is 4.79 Å². The molecule has 0 saturated carbocycles. The number of halogens is 1. The van der Waals surface area contributed by atoms with E-state index >= 15 is 0 Å². The fourth-order valence-corrected chi connectivity index (χ4v) is 1.62. The van der Waals surface area contributed by atoms with Crippen molar-refractivity contribution < 1.29 is 9.53 Å². The molecule has 0 amide bonds. The molecule has 0 aliphatic carbocycles. The first-order valence-corrected chi connectivity index (χ1v) is 5.88. The lowest BCUT2D eigenvalue weighted by molar-refractivity contribution is -0.138. The monoisotopic (exact) mass is 233 g/mol. The van der Waals surface area contributed by atoms with Gasteiger partial charge in [-0.1, -0.05) is 19.4 Å². The van der Waals surface area contributed by atoms with Crippen molar-refractivity contribution in [1.82, 2.24) is 0 Å². The summed E-state index contributed by atoms with van der Waals surface area (Å²) in [6.07, 6.45) is 2.29. The van der Waals surface area contributed by atoms with Crippen molar-refractivity contribution in [1.29, 1.82) is 0 Å². The van der Waals surface area contributed by atoms with Crippen molar-refractivity contribution in [3.8, 4) is 0 Å². The summed E-state index contributed by atoms with van der Waals surface area (Å²) in [5, 5.41) is 0. The second-order valence-electron chi connectivity index (χ2n) is 3.15. The number of carbonyl (C=O) groups excluding carboxylic acids is 1. The lowest BCUT2D eigenvalue weighted by Gasteiger charge is -2.11. The number of ether oxygens (including phenoxy) is 1. The van der Waals surface area contributed by atoms with Crippen LogP contribution >= 0.6 is 11.6 Å². The van der Waals surface area contributed by atoms with E-state index in [1.807, 2.05) is 13.8 Å². The largest absolute Gasteiger partial charge is 0.461 e. The molecule has 0 aliphatic heterocycles. The molecule has 88 valence electrons. The van der Waals surface area contributed by atoms with Crippen LogP contribution in [-0.4, -0.2) is 25.0 Å². The molecular formula is C11H20ClNO2. The van der Waals surface area contributed by atoms with Crippen molar-refractivity contribution in [2.45, 2.75) is 33.1 Å². The molecule has 0 fully saturated rings. The van der Waals surface area contributed by atoms with Gasteiger partial charge in [-0.15, -0.1) is 11.6 Å². The van der Waals surface area contributed by atoms with E-state index in [2.05, 4.69) is 0 Å². The normalized spacial score (nSPS) is 9.87. The van der Waals surface area contributed by atoms with Crippen LogP contribution in [0.4, 0.5) is 0 Å². The fourth-order valence-electron chi connectivity index (χ4n) is 1.43. The van der Waals surface area contributed by atoms with Crippen LogP contribution in [0.2, 0.25) is 0 Å². The summed E-state index contributed by atoms with van der Waals surface area (Å²) in [6.45, 7) is 4.69. The molecule has 0 aromatic carbocycles. The van der Waals surface area contributed by atoms with E-state index in [0.29, 0.717) is 18.8 Å². The zero-order valence-electron chi connectivity index (χ0n) is 9.51. The highest BCUT2D eigenvalue weighted by Gasteiger charge is 2.14. The Morgan fingerprint density at radius 1 is 1.33 bits per heavy atom. The second-order valence-corrected chi connectivity index (χ2v) is 3.53. The van der Waals surface area contributed by atoms with Crippen molar-refractivity contribution in [3.05, 3.63) is 11.1 Å². The van der Waals surface area contributed by atoms with E-state index in [9.17, 15) is 4.79 Å². The molecule has 0 spiro atoms. The molecule has 0 aliphatic rings. The summed E-state index contributed by atoms with van der Waals surface area (Å²) in [6, 6.07) is 0. The molecule has 15 heavy (non-hydrogen) atoms. The molecule has 4 heteroatoms. The van der Waals surface area contributed by atoms with Gasteiger partial charge in [-0.3, -0.25) is 0 Å². The first kappa shape index (κ1) is 14.5. The predicted octanol–water partition coefficient (Wildman–Crippen LogP) is 2.23. The van der Waals surface area contributed by atoms with Crippen LogP contribution in [0.15, 0.2) is 11.1 Å². The van der Waals surface area contributed by atoms with Crippen LogP contribution in [-0.2, 0) is 9.53 Å². The van der Waals surface area contributed by atoms with Gasteiger partial charge in [0.1, 0.15) is 6.61 Å². The molecular weight excluding hydrogens is 214 g/mol. The maximum Gasteiger partial charge on any atom is 0.334 e. The first-order valence-electron chi connectivity index (χ1n) is 5.35. The van der Waals surface area contributed by atoms with Crippen LogP contribution < -0.4 is 5.73 Å². The van der Waals surface area contributed by atoms with Crippen molar-refractivity contribution in [3.63, 3.8) is 0 Å². The molecule has 0 bridgehead atoms. The second kappa shape index (κ2) is 8.74. The van der Waals surface area contributed by atoms with Gasteiger partial charge in [0.05, 0.1) is 0 Å². The predicted molar refractivity (Wildman–Crippen MR) is 63.0 cm³/mol. The van der Waals surface area contributed by atoms with Crippen LogP contribution in [0.5, 0.6) is 0 Å². The smallest absolute Gasteiger partial charge is 0.334 e. The van der Waals surface area contributed by atoms with E-state index in [1.54, 1.807) is 0 Å². The number of esters is 1. The Morgan fingerprint density at radius 3 is 2.33 bits per heavy atom. The third-order valence-electron chi connectivity index (χ3n) is 2.22. The van der Waals surface area contributed by atoms with Crippen molar-refractivity contribution >= 4 is 17.6 Å². The molecule has 0 heterocycles. The van der Waals surface area contributed by atoms with Gasteiger partial charge in [-0.2, -0.15) is 0 Å². The average molecular weight is 234 g/mol. The molecule has 0 unspecified atom stereocenters. The highest BCUT2D eigenvalue weighted by Crippen LogP contribution is 2.18. The summed E-state index contributed by atoms with van der Waals surface area (Å²) in [7, 11) is 0. The Labute approximate surface area is 96.6 Å². The van der Waals surface area contributed by atoms with E-state index in [4.69, 9.17) is 22.1 Å². The molecule has 2 N–H and O–H groups in total. The first-order chi connectivity index (χ1) is 7.21. The third-order valence-corrected chi connectivity index (χ3v) is 2.41. The minimum absolute atomic E-state index is 0.264. The topological polar surface area (TPSA) is 52.3 Å². The van der Waals surface area contributed by atoms with Crippen LogP contribution in [0, 0.1) is 0 Å². The lowest BCUT2D eigenvalue weighted by atomic mass is 10.0. The summed E-state index contributed by atoms with van der Waals surface area (Å²) in [4.78, 5) is 11.7. The molecule has 0 atom stereocenters. The minimum Gasteiger partial charge on any atom is -0.461 e. The van der Waals surface area contributed by atoms with E-state index in [1.165, 1.54) is 0 Å². The average Bonchev–Trinajstić information content (AvgIpc) is 2.26. The van der Waals surface area contributed by atoms with E-state index < -0.39 is 0 Å². The number of alkyl halides is 1. The van der Waals surface area contributed by atoms with E-state index in [-0.39, 0.29) is 12.6 Å². The summed E-state index contributed by atoms with van der Waals surface area (Å²) < 4.78 is 5.01. The summed E-state index contributed by atoms with van der Waals surface area (Å²) in [5.41, 5.74) is 7.12. The van der Waals surface area contributed by atoms with Crippen LogP contribution in [0.25, 0.3) is 0 Å². The fraction of sp³-hybridized carbons (Fsp3) is 0.727. The number of allylic oxidation sites excluding steroid dienone is 1. The van der Waals surface area contributed by atoms with Crippen LogP contribution in [0.1, 0.15) is 33.1 Å². The Morgan fingerprint density at radius 2 is 1.93 bits per heavy atom. The number of hydrogen-bond donors (Lipinski definition) is 1. The maximum absolute atomic E-state index is 11.7. The highest BCUT2D eigenvalue weighted by atomic mass is 35.5. The highest BCUT2D eigenvalue weighted by molar-refractivity contribution is 6.18. The zero-order chi connectivity index (χ0) is 11.7. The SMILES string of the molecule is CCC(CC)=C(CCCl)C(=O)OCCN. The number of nitrogens with two attached hydrogens (primary N) is 1. The quantitative estimate of drug-likeness (QED) is 0.417. The molecule has 0 aromatic heterocycles. The number of rotatable bonds is 7. The Balaban J connectivity index is 4.62. The third kappa shape index (κ3) is 5.19. The minimum atomic E-state index is -0.264. The Bertz CT molecular complexity index is 221. The van der Waals surface area contributed by atoms with Gasteiger partial charge in [0.15, 0.2) is 0 Å². The zero-order valence-corrected chi connectivity index (χ0v) is 10.3. The molecule has 0 rings (SSSR count). The van der Waals surface area contributed by atoms with Gasteiger partial charge in [0.25, 0.3) is 0 Å². The van der Waals surface area contributed by atoms with Gasteiger partial charge in [-0.05, 0) is 19.3 Å². The van der Waals surface area contributed by atoms with Gasteiger partial charge in [0.2, 0.25) is 0 Å². The summed E-state index contributed by atoms with van der Waals surface area (Å²) >= 11 is 5.67. The Hall–Kier alpha value is -0.540. The van der Waals surface area contributed by atoms with Gasteiger partial charge in [0, 0.05) is 18.0 Å².